The molecule has 3 nitrogen and oxygen atoms in total. The standard InChI is InChI=1S/C9H17N3/c1-2-3-5-10-6-4-9-7-11-8-12-9/h7-8,10H,2-6H2,1H3,(H,11,12). The van der Waals surface area contributed by atoms with Crippen LogP contribution in [0.15, 0.2) is 12.5 Å². The van der Waals surface area contributed by atoms with E-state index in [9.17, 15) is 0 Å². The van der Waals surface area contributed by atoms with E-state index in [1.54, 1.807) is 6.33 Å². The number of rotatable bonds is 6. The minimum absolute atomic E-state index is 1.04. The Kier molecular flexibility index (Phi) is 4.46. The zero-order chi connectivity index (χ0) is 8.65. The smallest absolute Gasteiger partial charge is 0.0921 e. The number of unbranched alkanes of at least 4 members (excludes halogenated alkanes) is 1. The number of aromatic amines is 1. The van der Waals surface area contributed by atoms with Gasteiger partial charge in [0.2, 0.25) is 0 Å². The van der Waals surface area contributed by atoms with Crippen molar-refractivity contribution in [1.29, 1.82) is 0 Å². The molecule has 0 aromatic carbocycles. The van der Waals surface area contributed by atoms with Gasteiger partial charge < -0.3 is 10.3 Å². The molecular formula is C9H17N3. The van der Waals surface area contributed by atoms with Gasteiger partial charge in [0.1, 0.15) is 0 Å². The second kappa shape index (κ2) is 5.77. The summed E-state index contributed by atoms with van der Waals surface area (Å²) in [6.45, 7) is 4.38. The maximum atomic E-state index is 3.95. The first-order chi connectivity index (χ1) is 5.93. The Hall–Kier alpha value is -0.830. The Morgan fingerprint density at radius 1 is 1.50 bits per heavy atom. The minimum Gasteiger partial charge on any atom is -0.348 e. The van der Waals surface area contributed by atoms with Crippen LogP contribution in [0.1, 0.15) is 25.5 Å². The largest absolute Gasteiger partial charge is 0.348 e. The fourth-order valence-electron chi connectivity index (χ4n) is 1.07. The van der Waals surface area contributed by atoms with Crippen LogP contribution in [-0.2, 0) is 6.42 Å². The van der Waals surface area contributed by atoms with Gasteiger partial charge in [-0.15, -0.1) is 0 Å². The van der Waals surface area contributed by atoms with Gasteiger partial charge in [0.15, 0.2) is 0 Å². The van der Waals surface area contributed by atoms with Crippen molar-refractivity contribution in [2.24, 2.45) is 0 Å². The van der Waals surface area contributed by atoms with Crippen LogP contribution in [0, 0.1) is 0 Å². The lowest BCUT2D eigenvalue weighted by Gasteiger charge is -2.00. The molecule has 0 saturated carbocycles. The van der Waals surface area contributed by atoms with Gasteiger partial charge in [-0.05, 0) is 13.0 Å². The first-order valence-electron chi connectivity index (χ1n) is 4.61. The maximum Gasteiger partial charge on any atom is 0.0921 e. The summed E-state index contributed by atoms with van der Waals surface area (Å²) in [6, 6.07) is 0. The van der Waals surface area contributed by atoms with Crippen molar-refractivity contribution in [3.63, 3.8) is 0 Å². The summed E-state index contributed by atoms with van der Waals surface area (Å²) in [5.74, 6) is 0. The van der Waals surface area contributed by atoms with Gasteiger partial charge in [-0.25, -0.2) is 4.98 Å². The average Bonchev–Trinajstić information content (AvgIpc) is 2.57. The first-order valence-corrected chi connectivity index (χ1v) is 4.61. The summed E-state index contributed by atoms with van der Waals surface area (Å²) in [7, 11) is 0. The molecule has 0 bridgehead atoms. The predicted molar refractivity (Wildman–Crippen MR) is 50.1 cm³/mol. The monoisotopic (exact) mass is 167 g/mol. The molecule has 0 spiro atoms. The third-order valence-corrected chi connectivity index (χ3v) is 1.83. The predicted octanol–water partition coefficient (Wildman–Crippen LogP) is 1.34. The molecule has 0 aliphatic carbocycles. The van der Waals surface area contributed by atoms with Crippen LogP contribution in [-0.4, -0.2) is 23.1 Å². The molecule has 0 fully saturated rings. The number of nitrogens with one attached hydrogen (secondary N) is 2. The van der Waals surface area contributed by atoms with Crippen LogP contribution < -0.4 is 5.32 Å². The first kappa shape index (κ1) is 9.26. The summed E-state index contributed by atoms with van der Waals surface area (Å²) in [4.78, 5) is 7.03. The van der Waals surface area contributed by atoms with E-state index in [0.29, 0.717) is 0 Å². The van der Waals surface area contributed by atoms with Gasteiger partial charge in [-0.1, -0.05) is 13.3 Å². The SMILES string of the molecule is CCCCNCCc1cnc[nH]1. The molecule has 0 aliphatic heterocycles. The number of H-pyrrole nitrogens is 1. The fourth-order valence-corrected chi connectivity index (χ4v) is 1.07. The molecule has 0 saturated heterocycles. The molecule has 1 heterocycles. The summed E-state index contributed by atoms with van der Waals surface area (Å²) < 4.78 is 0. The van der Waals surface area contributed by atoms with Gasteiger partial charge in [0.05, 0.1) is 6.33 Å². The highest BCUT2D eigenvalue weighted by Gasteiger charge is 1.91. The van der Waals surface area contributed by atoms with Crippen molar-refractivity contribution in [1.82, 2.24) is 15.3 Å². The zero-order valence-electron chi connectivity index (χ0n) is 7.64. The lowest BCUT2D eigenvalue weighted by Crippen LogP contribution is -2.18. The minimum atomic E-state index is 1.04. The van der Waals surface area contributed by atoms with Crippen LogP contribution in [0.2, 0.25) is 0 Å². The number of imidazole rings is 1. The maximum absolute atomic E-state index is 3.95. The second-order valence-corrected chi connectivity index (χ2v) is 2.93. The van der Waals surface area contributed by atoms with E-state index in [4.69, 9.17) is 0 Å². The highest BCUT2D eigenvalue weighted by atomic mass is 14.9. The normalized spacial score (nSPS) is 10.4. The Morgan fingerprint density at radius 2 is 2.42 bits per heavy atom. The van der Waals surface area contributed by atoms with Crippen molar-refractivity contribution in [2.45, 2.75) is 26.2 Å². The summed E-state index contributed by atoms with van der Waals surface area (Å²) in [6.07, 6.45) is 7.17. The topological polar surface area (TPSA) is 40.7 Å². The van der Waals surface area contributed by atoms with E-state index < -0.39 is 0 Å². The van der Waals surface area contributed by atoms with E-state index in [2.05, 4.69) is 22.2 Å². The van der Waals surface area contributed by atoms with Gasteiger partial charge in [-0.2, -0.15) is 0 Å². The van der Waals surface area contributed by atoms with Gasteiger partial charge in [-0.3, -0.25) is 0 Å². The summed E-state index contributed by atoms with van der Waals surface area (Å²) in [5, 5.41) is 3.38. The van der Waals surface area contributed by atoms with Crippen LogP contribution in [0.5, 0.6) is 0 Å². The number of aromatic nitrogens is 2. The lowest BCUT2D eigenvalue weighted by molar-refractivity contribution is 0.637. The average molecular weight is 167 g/mol. The van der Waals surface area contributed by atoms with Gasteiger partial charge >= 0.3 is 0 Å². The van der Waals surface area contributed by atoms with Crippen molar-refractivity contribution < 1.29 is 0 Å². The summed E-state index contributed by atoms with van der Waals surface area (Å²) in [5.41, 5.74) is 1.21. The highest BCUT2D eigenvalue weighted by Crippen LogP contribution is 1.90. The molecule has 68 valence electrons. The van der Waals surface area contributed by atoms with E-state index in [0.717, 1.165) is 19.5 Å². The molecule has 0 aliphatic rings. The van der Waals surface area contributed by atoms with E-state index in [1.807, 2.05) is 6.20 Å². The number of hydrogen-bond acceptors (Lipinski definition) is 2. The molecule has 1 aromatic heterocycles. The summed E-state index contributed by atoms with van der Waals surface area (Å²) >= 11 is 0. The van der Waals surface area contributed by atoms with E-state index in [1.165, 1.54) is 18.5 Å². The molecule has 12 heavy (non-hydrogen) atoms. The van der Waals surface area contributed by atoms with Gasteiger partial charge in [0, 0.05) is 24.9 Å². The zero-order valence-corrected chi connectivity index (χ0v) is 7.64. The number of hydrogen-bond donors (Lipinski definition) is 2. The van der Waals surface area contributed by atoms with Crippen LogP contribution in [0.4, 0.5) is 0 Å². The molecule has 2 N–H and O–H groups in total. The molecule has 0 atom stereocenters. The Morgan fingerprint density at radius 3 is 3.08 bits per heavy atom. The Labute approximate surface area is 73.6 Å². The van der Waals surface area contributed by atoms with Gasteiger partial charge in [0.25, 0.3) is 0 Å². The quantitative estimate of drug-likeness (QED) is 0.628. The van der Waals surface area contributed by atoms with E-state index >= 15 is 0 Å². The van der Waals surface area contributed by atoms with E-state index in [-0.39, 0.29) is 0 Å². The highest BCUT2D eigenvalue weighted by molar-refractivity contribution is 4.94. The molecule has 1 rings (SSSR count). The third-order valence-electron chi connectivity index (χ3n) is 1.83. The van der Waals surface area contributed by atoms with Crippen LogP contribution in [0.3, 0.4) is 0 Å². The molecule has 3 heteroatoms. The fraction of sp³-hybridized carbons (Fsp3) is 0.667. The molecular weight excluding hydrogens is 150 g/mol. The van der Waals surface area contributed by atoms with Crippen molar-refractivity contribution in [3.05, 3.63) is 18.2 Å². The molecule has 0 unspecified atom stereocenters. The molecule has 1 aromatic rings. The lowest BCUT2D eigenvalue weighted by atomic mass is 10.3. The van der Waals surface area contributed by atoms with Crippen molar-refractivity contribution in [3.8, 4) is 0 Å². The second-order valence-electron chi connectivity index (χ2n) is 2.93. The number of nitrogens with zero attached hydrogens (tertiary/aromatic N) is 1. The van der Waals surface area contributed by atoms with Crippen molar-refractivity contribution in [2.75, 3.05) is 13.1 Å². The van der Waals surface area contributed by atoms with Crippen LogP contribution in [0.25, 0.3) is 0 Å². The Bertz CT molecular complexity index is 182. The van der Waals surface area contributed by atoms with Crippen LogP contribution >= 0.6 is 0 Å². The third kappa shape index (κ3) is 3.53. The Balaban J connectivity index is 1.96. The molecule has 0 amide bonds. The molecule has 0 radical (unpaired) electrons. The van der Waals surface area contributed by atoms with Crippen molar-refractivity contribution >= 4 is 0 Å².